The summed E-state index contributed by atoms with van der Waals surface area (Å²) in [5.41, 5.74) is 0.965. The lowest BCUT2D eigenvalue weighted by molar-refractivity contribution is 0.339. The van der Waals surface area contributed by atoms with Gasteiger partial charge >= 0.3 is 0 Å². The molecule has 0 bridgehead atoms. The Labute approximate surface area is 146 Å². The van der Waals surface area contributed by atoms with Crippen LogP contribution in [0.25, 0.3) is 0 Å². The van der Waals surface area contributed by atoms with Crippen molar-refractivity contribution < 1.29 is 14.2 Å². The molecule has 0 heterocycles. The van der Waals surface area contributed by atoms with E-state index in [1.54, 1.807) is 6.08 Å². The van der Waals surface area contributed by atoms with E-state index < -0.39 is 0 Å². The molecule has 5 heteroatoms. The lowest BCUT2D eigenvalue weighted by Crippen LogP contribution is -1.96. The molecule has 0 aliphatic heterocycles. The van der Waals surface area contributed by atoms with Crippen LogP contribution in [-0.4, -0.2) is 13.2 Å². The van der Waals surface area contributed by atoms with E-state index in [2.05, 4.69) is 0 Å². The maximum absolute atomic E-state index is 5.82. The van der Waals surface area contributed by atoms with Crippen molar-refractivity contribution in [1.82, 2.24) is 0 Å². The van der Waals surface area contributed by atoms with Crippen molar-refractivity contribution >= 4 is 23.2 Å². The molecule has 0 spiro atoms. The molecular formula is C18H18Cl2O3. The number of rotatable bonds is 7. The summed E-state index contributed by atoms with van der Waals surface area (Å²) < 4.78 is 17.0. The van der Waals surface area contributed by atoms with Crippen LogP contribution >= 0.6 is 23.2 Å². The van der Waals surface area contributed by atoms with Gasteiger partial charge in [-0.05, 0) is 68.0 Å². The molecule has 0 aliphatic carbocycles. The molecule has 0 aromatic heterocycles. The van der Waals surface area contributed by atoms with Gasteiger partial charge < -0.3 is 14.2 Å². The first-order valence-electron chi connectivity index (χ1n) is 7.24. The van der Waals surface area contributed by atoms with Crippen LogP contribution in [0.2, 0.25) is 0 Å². The molecule has 0 amide bonds. The van der Waals surface area contributed by atoms with Crippen LogP contribution in [-0.2, 0) is 0 Å². The Kier molecular flexibility index (Phi) is 6.63. The van der Waals surface area contributed by atoms with Crippen LogP contribution in [0.5, 0.6) is 23.0 Å². The van der Waals surface area contributed by atoms with Gasteiger partial charge in [0.15, 0.2) is 0 Å². The normalized spacial score (nSPS) is 10.1. The van der Waals surface area contributed by atoms with Crippen LogP contribution in [0.3, 0.4) is 0 Å². The van der Waals surface area contributed by atoms with Gasteiger partial charge in [0.05, 0.1) is 6.61 Å². The minimum atomic E-state index is 0.193. The van der Waals surface area contributed by atoms with Crippen molar-refractivity contribution in [3.05, 3.63) is 58.6 Å². The van der Waals surface area contributed by atoms with Crippen molar-refractivity contribution in [1.29, 1.82) is 0 Å². The molecule has 0 saturated carbocycles. The van der Waals surface area contributed by atoms with Crippen molar-refractivity contribution in [2.24, 2.45) is 0 Å². The van der Waals surface area contributed by atoms with Crippen LogP contribution in [0.4, 0.5) is 0 Å². The molecule has 3 nitrogen and oxygen atoms in total. The standard InChI is InChI=1S/C18H18Cl2O3/c1-3-21-14-4-6-15(7-5-14)23-16-8-9-17(13(2)12-16)22-11-10-18(19)20/h4-10,12H,3,11H2,1-2H3. The summed E-state index contributed by atoms with van der Waals surface area (Å²) >= 11 is 11.1. The van der Waals surface area contributed by atoms with Crippen LogP contribution in [0.1, 0.15) is 12.5 Å². The van der Waals surface area contributed by atoms with Gasteiger partial charge in [-0.2, -0.15) is 0 Å². The van der Waals surface area contributed by atoms with Crippen molar-refractivity contribution in [2.45, 2.75) is 13.8 Å². The predicted octanol–water partition coefficient (Wildman–Crippen LogP) is 5.88. The Hall–Kier alpha value is -1.84. The topological polar surface area (TPSA) is 27.7 Å². The lowest BCUT2D eigenvalue weighted by Gasteiger charge is -2.11. The highest BCUT2D eigenvalue weighted by Gasteiger charge is 2.03. The van der Waals surface area contributed by atoms with Crippen LogP contribution < -0.4 is 14.2 Å². The number of hydrogen-bond acceptors (Lipinski definition) is 3. The van der Waals surface area contributed by atoms with E-state index >= 15 is 0 Å². The SMILES string of the molecule is CCOc1ccc(Oc2ccc(OCC=C(Cl)Cl)c(C)c2)cc1. The Morgan fingerprint density at radius 2 is 1.61 bits per heavy atom. The highest BCUT2D eigenvalue weighted by atomic mass is 35.5. The summed E-state index contributed by atoms with van der Waals surface area (Å²) in [5, 5.41) is 0. The van der Waals surface area contributed by atoms with Gasteiger partial charge in [-0.15, -0.1) is 0 Å². The first-order chi connectivity index (χ1) is 11.1. The van der Waals surface area contributed by atoms with E-state index in [1.165, 1.54) is 0 Å². The van der Waals surface area contributed by atoms with Crippen LogP contribution in [0, 0.1) is 6.92 Å². The zero-order valence-corrected chi connectivity index (χ0v) is 14.5. The quantitative estimate of drug-likeness (QED) is 0.622. The Balaban J connectivity index is 2.00. The first-order valence-corrected chi connectivity index (χ1v) is 7.99. The molecule has 2 aromatic rings. The molecule has 0 fully saturated rings. The molecule has 122 valence electrons. The Morgan fingerprint density at radius 3 is 2.22 bits per heavy atom. The summed E-state index contributed by atoms with van der Waals surface area (Å²) in [6.45, 7) is 4.87. The van der Waals surface area contributed by atoms with E-state index in [0.717, 1.165) is 28.6 Å². The van der Waals surface area contributed by atoms with Crippen molar-refractivity contribution in [3.63, 3.8) is 0 Å². The largest absolute Gasteiger partial charge is 0.494 e. The van der Waals surface area contributed by atoms with Gasteiger partial charge in [-0.3, -0.25) is 0 Å². The maximum Gasteiger partial charge on any atom is 0.127 e. The second kappa shape index (κ2) is 8.70. The highest BCUT2D eigenvalue weighted by molar-refractivity contribution is 6.55. The minimum absolute atomic E-state index is 0.193. The molecule has 2 aromatic carbocycles. The van der Waals surface area contributed by atoms with Gasteiger partial charge in [0.25, 0.3) is 0 Å². The fourth-order valence-electron chi connectivity index (χ4n) is 1.95. The number of aryl methyl sites for hydroxylation is 1. The predicted molar refractivity (Wildman–Crippen MR) is 94.1 cm³/mol. The van der Waals surface area contributed by atoms with Crippen LogP contribution in [0.15, 0.2) is 53.0 Å². The number of ether oxygens (including phenoxy) is 3. The van der Waals surface area contributed by atoms with Crippen molar-refractivity contribution in [3.8, 4) is 23.0 Å². The Morgan fingerprint density at radius 1 is 0.957 bits per heavy atom. The molecule has 0 aliphatic rings. The van der Waals surface area contributed by atoms with E-state index in [0.29, 0.717) is 13.2 Å². The van der Waals surface area contributed by atoms with Gasteiger partial charge in [0, 0.05) is 0 Å². The lowest BCUT2D eigenvalue weighted by atomic mass is 10.2. The van der Waals surface area contributed by atoms with Gasteiger partial charge in [0.1, 0.15) is 34.1 Å². The maximum atomic E-state index is 5.82. The number of benzene rings is 2. The number of hydrogen-bond donors (Lipinski definition) is 0. The molecule has 2 rings (SSSR count). The highest BCUT2D eigenvalue weighted by Crippen LogP contribution is 2.28. The molecule has 0 unspecified atom stereocenters. The number of halogens is 2. The molecule has 23 heavy (non-hydrogen) atoms. The average Bonchev–Trinajstić information content (AvgIpc) is 2.51. The minimum Gasteiger partial charge on any atom is -0.494 e. The van der Waals surface area contributed by atoms with E-state index in [4.69, 9.17) is 37.4 Å². The zero-order valence-electron chi connectivity index (χ0n) is 13.0. The molecule has 0 N–H and O–H groups in total. The van der Waals surface area contributed by atoms with E-state index in [1.807, 2.05) is 56.3 Å². The first kappa shape index (κ1) is 17.5. The molecule has 0 saturated heterocycles. The summed E-state index contributed by atoms with van der Waals surface area (Å²) in [6, 6.07) is 13.1. The average molecular weight is 353 g/mol. The third-order valence-electron chi connectivity index (χ3n) is 2.99. The monoisotopic (exact) mass is 352 g/mol. The van der Waals surface area contributed by atoms with Gasteiger partial charge in [-0.1, -0.05) is 23.2 Å². The second-order valence-corrected chi connectivity index (χ2v) is 5.75. The third-order valence-corrected chi connectivity index (χ3v) is 3.30. The summed E-state index contributed by atoms with van der Waals surface area (Å²) in [6.07, 6.45) is 1.59. The third kappa shape index (κ3) is 5.70. The second-order valence-electron chi connectivity index (χ2n) is 4.74. The smallest absolute Gasteiger partial charge is 0.127 e. The fraction of sp³-hybridized carbons (Fsp3) is 0.222. The fourth-order valence-corrected chi connectivity index (χ4v) is 2.07. The summed E-state index contributed by atoms with van der Waals surface area (Å²) in [4.78, 5) is 0. The summed E-state index contributed by atoms with van der Waals surface area (Å²) in [7, 11) is 0. The zero-order chi connectivity index (χ0) is 16.7. The van der Waals surface area contributed by atoms with Crippen molar-refractivity contribution in [2.75, 3.05) is 13.2 Å². The van der Waals surface area contributed by atoms with Gasteiger partial charge in [0.2, 0.25) is 0 Å². The van der Waals surface area contributed by atoms with E-state index in [-0.39, 0.29) is 4.49 Å². The van der Waals surface area contributed by atoms with E-state index in [9.17, 15) is 0 Å². The van der Waals surface area contributed by atoms with Gasteiger partial charge in [-0.25, -0.2) is 0 Å². The Bertz CT molecular complexity index is 662. The molecule has 0 radical (unpaired) electrons. The summed E-state index contributed by atoms with van der Waals surface area (Å²) in [5.74, 6) is 3.07. The molecule has 0 atom stereocenters. The molecular weight excluding hydrogens is 335 g/mol.